The van der Waals surface area contributed by atoms with Crippen LogP contribution in [0.25, 0.3) is 0 Å². The zero-order chi connectivity index (χ0) is 12.3. The van der Waals surface area contributed by atoms with Gasteiger partial charge in [-0.1, -0.05) is 12.1 Å². The van der Waals surface area contributed by atoms with Crippen LogP contribution in [0.1, 0.15) is 12.0 Å². The fourth-order valence-corrected chi connectivity index (χ4v) is 2.04. The third-order valence-corrected chi connectivity index (χ3v) is 3.07. The molecule has 92 valence electrons. The highest BCUT2D eigenvalue weighted by Gasteiger charge is 2.31. The number of carbonyl (C=O) groups excluding carboxylic acids is 1. The number of carbonyl (C=O) groups is 1. The first-order valence-electron chi connectivity index (χ1n) is 5.69. The lowest BCUT2D eigenvalue weighted by molar-refractivity contribution is -0.136. The Kier molecular flexibility index (Phi) is 3.64. The minimum atomic E-state index is -0.256. The fraction of sp³-hybridized carbons (Fsp3) is 0.462. The van der Waals surface area contributed by atoms with Crippen LogP contribution < -0.4 is 4.74 Å². The zero-order valence-electron chi connectivity index (χ0n) is 10.2. The van der Waals surface area contributed by atoms with Crippen molar-refractivity contribution in [1.29, 1.82) is 0 Å². The Morgan fingerprint density at radius 3 is 2.53 bits per heavy atom. The van der Waals surface area contributed by atoms with Crippen LogP contribution in [0.4, 0.5) is 0 Å². The molecule has 1 unspecified atom stereocenters. The van der Waals surface area contributed by atoms with E-state index in [-0.39, 0.29) is 12.0 Å². The Balaban J connectivity index is 1.99. The van der Waals surface area contributed by atoms with Crippen molar-refractivity contribution in [2.75, 3.05) is 20.8 Å². The molecule has 0 spiro atoms. The van der Waals surface area contributed by atoms with E-state index in [0.29, 0.717) is 6.54 Å². The predicted octanol–water partition coefficient (Wildman–Crippen LogP) is 1.44. The topological polar surface area (TPSA) is 38.8 Å². The Labute approximate surface area is 101 Å². The number of amides is 1. The van der Waals surface area contributed by atoms with E-state index >= 15 is 0 Å². The van der Waals surface area contributed by atoms with Crippen molar-refractivity contribution >= 4 is 5.91 Å². The molecular formula is C13H17NO3. The number of hydrogen-bond donors (Lipinski definition) is 0. The summed E-state index contributed by atoms with van der Waals surface area (Å²) in [5, 5.41) is 0. The minimum absolute atomic E-state index is 0.0864. The van der Waals surface area contributed by atoms with Gasteiger partial charge in [0.1, 0.15) is 11.9 Å². The van der Waals surface area contributed by atoms with E-state index in [1.807, 2.05) is 29.2 Å². The number of nitrogens with zero attached hydrogens (tertiary/aromatic N) is 1. The SMILES string of the molecule is COc1ccc(CN2CCC(OC)C2=O)cc1. The highest BCUT2D eigenvalue weighted by atomic mass is 16.5. The van der Waals surface area contributed by atoms with Crippen LogP contribution in [0.2, 0.25) is 0 Å². The van der Waals surface area contributed by atoms with E-state index in [1.54, 1.807) is 14.2 Å². The average Bonchev–Trinajstić information content (AvgIpc) is 2.71. The summed E-state index contributed by atoms with van der Waals surface area (Å²) in [5.74, 6) is 0.916. The van der Waals surface area contributed by atoms with Crippen LogP contribution in [-0.2, 0) is 16.1 Å². The Morgan fingerprint density at radius 2 is 2.00 bits per heavy atom. The van der Waals surface area contributed by atoms with Crippen LogP contribution in [0, 0.1) is 0 Å². The second kappa shape index (κ2) is 5.19. The van der Waals surface area contributed by atoms with Crippen molar-refractivity contribution in [3.63, 3.8) is 0 Å². The Hall–Kier alpha value is -1.55. The summed E-state index contributed by atoms with van der Waals surface area (Å²) in [4.78, 5) is 13.7. The van der Waals surface area contributed by atoms with Gasteiger partial charge < -0.3 is 14.4 Å². The van der Waals surface area contributed by atoms with Gasteiger partial charge in [0.25, 0.3) is 5.91 Å². The lowest BCUT2D eigenvalue weighted by Gasteiger charge is -2.16. The molecule has 1 aromatic carbocycles. The van der Waals surface area contributed by atoms with Crippen LogP contribution in [0.5, 0.6) is 5.75 Å². The summed E-state index contributed by atoms with van der Waals surface area (Å²) in [7, 11) is 3.22. The third-order valence-electron chi connectivity index (χ3n) is 3.07. The quantitative estimate of drug-likeness (QED) is 0.792. The third kappa shape index (κ3) is 2.58. The van der Waals surface area contributed by atoms with Gasteiger partial charge >= 0.3 is 0 Å². The highest BCUT2D eigenvalue weighted by Crippen LogP contribution is 2.18. The van der Waals surface area contributed by atoms with E-state index < -0.39 is 0 Å². The molecule has 1 heterocycles. The molecule has 1 fully saturated rings. The second-order valence-electron chi connectivity index (χ2n) is 4.12. The first-order chi connectivity index (χ1) is 8.24. The molecule has 0 N–H and O–H groups in total. The normalized spacial score (nSPS) is 19.8. The summed E-state index contributed by atoms with van der Waals surface area (Å²) in [6.45, 7) is 1.41. The van der Waals surface area contributed by atoms with Crippen LogP contribution in [0.15, 0.2) is 24.3 Å². The summed E-state index contributed by atoms with van der Waals surface area (Å²) in [6.07, 6.45) is 0.527. The van der Waals surface area contributed by atoms with E-state index in [4.69, 9.17) is 9.47 Å². The van der Waals surface area contributed by atoms with Crippen molar-refractivity contribution in [3.8, 4) is 5.75 Å². The van der Waals surface area contributed by atoms with Gasteiger partial charge in [0.05, 0.1) is 7.11 Å². The van der Waals surface area contributed by atoms with Crippen molar-refractivity contribution in [3.05, 3.63) is 29.8 Å². The molecule has 1 aromatic rings. The van der Waals surface area contributed by atoms with Crippen molar-refractivity contribution in [2.45, 2.75) is 19.1 Å². The average molecular weight is 235 g/mol. The monoisotopic (exact) mass is 235 g/mol. The Bertz CT molecular complexity index is 388. The molecule has 1 aliphatic heterocycles. The lowest BCUT2D eigenvalue weighted by Crippen LogP contribution is -2.29. The van der Waals surface area contributed by atoms with Gasteiger partial charge in [-0.2, -0.15) is 0 Å². The van der Waals surface area contributed by atoms with Crippen LogP contribution >= 0.6 is 0 Å². The maximum Gasteiger partial charge on any atom is 0.252 e. The molecule has 17 heavy (non-hydrogen) atoms. The largest absolute Gasteiger partial charge is 0.497 e. The van der Waals surface area contributed by atoms with Crippen molar-refractivity contribution in [1.82, 2.24) is 4.90 Å². The van der Waals surface area contributed by atoms with Gasteiger partial charge in [0.2, 0.25) is 0 Å². The molecular weight excluding hydrogens is 218 g/mol. The van der Waals surface area contributed by atoms with Gasteiger partial charge in [-0.3, -0.25) is 4.79 Å². The fourth-order valence-electron chi connectivity index (χ4n) is 2.04. The smallest absolute Gasteiger partial charge is 0.252 e. The Morgan fingerprint density at radius 1 is 1.29 bits per heavy atom. The number of hydrogen-bond acceptors (Lipinski definition) is 3. The zero-order valence-corrected chi connectivity index (χ0v) is 10.2. The van der Waals surface area contributed by atoms with Gasteiger partial charge in [0, 0.05) is 26.6 Å². The van der Waals surface area contributed by atoms with Gasteiger partial charge in [-0.25, -0.2) is 0 Å². The number of likely N-dealkylation sites (tertiary alicyclic amines) is 1. The number of benzene rings is 1. The molecule has 0 aliphatic carbocycles. The first kappa shape index (κ1) is 11.9. The molecule has 2 rings (SSSR count). The van der Waals surface area contributed by atoms with E-state index in [1.165, 1.54) is 0 Å². The van der Waals surface area contributed by atoms with E-state index in [9.17, 15) is 4.79 Å². The van der Waals surface area contributed by atoms with Crippen molar-refractivity contribution < 1.29 is 14.3 Å². The molecule has 0 radical (unpaired) electrons. The standard InChI is InChI=1S/C13H17NO3/c1-16-11-5-3-10(4-6-11)9-14-8-7-12(17-2)13(14)15/h3-6,12H,7-9H2,1-2H3. The summed E-state index contributed by atoms with van der Waals surface area (Å²) >= 11 is 0. The maximum atomic E-state index is 11.8. The van der Waals surface area contributed by atoms with E-state index in [2.05, 4.69) is 0 Å². The summed E-state index contributed by atoms with van der Waals surface area (Å²) in [5.41, 5.74) is 1.11. The van der Waals surface area contributed by atoms with Crippen LogP contribution in [-0.4, -0.2) is 37.7 Å². The first-order valence-corrected chi connectivity index (χ1v) is 5.69. The molecule has 1 amide bonds. The lowest BCUT2D eigenvalue weighted by atomic mass is 10.2. The molecule has 1 atom stereocenters. The molecule has 1 aliphatic rings. The summed E-state index contributed by atoms with van der Waals surface area (Å²) < 4.78 is 10.2. The molecule has 4 nitrogen and oxygen atoms in total. The maximum absolute atomic E-state index is 11.8. The van der Waals surface area contributed by atoms with Crippen LogP contribution in [0.3, 0.4) is 0 Å². The van der Waals surface area contributed by atoms with E-state index in [0.717, 1.165) is 24.3 Å². The predicted molar refractivity (Wildman–Crippen MR) is 63.8 cm³/mol. The second-order valence-corrected chi connectivity index (χ2v) is 4.12. The molecule has 0 bridgehead atoms. The van der Waals surface area contributed by atoms with Gasteiger partial charge in [-0.05, 0) is 17.7 Å². The van der Waals surface area contributed by atoms with Crippen molar-refractivity contribution in [2.24, 2.45) is 0 Å². The number of rotatable bonds is 4. The molecule has 0 saturated carbocycles. The summed E-state index contributed by atoms with van der Waals surface area (Å²) in [6, 6.07) is 7.77. The van der Waals surface area contributed by atoms with Gasteiger partial charge in [-0.15, -0.1) is 0 Å². The minimum Gasteiger partial charge on any atom is -0.497 e. The molecule has 1 saturated heterocycles. The van der Waals surface area contributed by atoms with Gasteiger partial charge in [0.15, 0.2) is 0 Å². The highest BCUT2D eigenvalue weighted by molar-refractivity contribution is 5.82. The molecule has 0 aromatic heterocycles. The molecule has 4 heteroatoms. The number of methoxy groups -OCH3 is 2. The number of ether oxygens (including phenoxy) is 2.